The number of aryl methyl sites for hydroxylation is 1. The molecule has 4 aromatic rings. The number of aromatic nitrogens is 3. The van der Waals surface area contributed by atoms with E-state index in [1.807, 2.05) is 49.4 Å². The van der Waals surface area contributed by atoms with Crippen molar-refractivity contribution in [3.05, 3.63) is 83.7 Å². The van der Waals surface area contributed by atoms with Gasteiger partial charge >= 0.3 is 0 Å². The highest BCUT2D eigenvalue weighted by atomic mass is 16.3. The second kappa shape index (κ2) is 8.24. The van der Waals surface area contributed by atoms with Gasteiger partial charge in [-0.25, -0.2) is 0 Å². The topological polar surface area (TPSA) is 90.9 Å². The number of H-pyrrole nitrogens is 1. The van der Waals surface area contributed by atoms with Crippen molar-refractivity contribution < 1.29 is 9.90 Å². The number of hydrogen-bond acceptors (Lipinski definition) is 4. The molecule has 29 heavy (non-hydrogen) atoms. The van der Waals surface area contributed by atoms with E-state index in [-0.39, 0.29) is 18.6 Å². The lowest BCUT2D eigenvalue weighted by Gasteiger charge is -2.19. The largest absolute Gasteiger partial charge is 0.396 e. The summed E-state index contributed by atoms with van der Waals surface area (Å²) in [5.41, 5.74) is 5.20. The minimum atomic E-state index is -0.258. The van der Waals surface area contributed by atoms with Crippen LogP contribution in [-0.2, 0) is 0 Å². The maximum Gasteiger partial charge on any atom is 0.251 e. The quantitative estimate of drug-likeness (QED) is 0.470. The van der Waals surface area contributed by atoms with Crippen LogP contribution in [0.15, 0.2) is 67.0 Å². The molecule has 0 radical (unpaired) electrons. The molecule has 0 aliphatic carbocycles. The van der Waals surface area contributed by atoms with Gasteiger partial charge < -0.3 is 10.4 Å². The van der Waals surface area contributed by atoms with E-state index < -0.39 is 0 Å². The number of aromatic amines is 1. The molecule has 6 heteroatoms. The third kappa shape index (κ3) is 4.17. The molecular formula is C23H22N4O2. The number of nitrogens with one attached hydrogen (secondary N) is 2. The normalized spacial score (nSPS) is 12.1. The smallest absolute Gasteiger partial charge is 0.251 e. The van der Waals surface area contributed by atoms with Gasteiger partial charge in [-0.3, -0.25) is 14.9 Å². The zero-order valence-electron chi connectivity index (χ0n) is 16.1. The van der Waals surface area contributed by atoms with Gasteiger partial charge in [0.05, 0.1) is 23.4 Å². The number of nitrogens with zero attached hydrogens (tertiary/aromatic N) is 2. The summed E-state index contributed by atoms with van der Waals surface area (Å²) in [5.74, 6) is -0.196. The van der Waals surface area contributed by atoms with Crippen LogP contribution < -0.4 is 5.32 Å². The van der Waals surface area contributed by atoms with Gasteiger partial charge in [-0.15, -0.1) is 0 Å². The predicted molar refractivity (Wildman–Crippen MR) is 112 cm³/mol. The van der Waals surface area contributed by atoms with Crippen molar-refractivity contribution in [1.29, 1.82) is 0 Å². The monoisotopic (exact) mass is 386 g/mol. The summed E-state index contributed by atoms with van der Waals surface area (Å²) in [6.45, 7) is 2.00. The third-order valence-corrected chi connectivity index (χ3v) is 4.93. The van der Waals surface area contributed by atoms with Crippen molar-refractivity contribution in [2.24, 2.45) is 0 Å². The molecule has 2 aromatic heterocycles. The van der Waals surface area contributed by atoms with Crippen molar-refractivity contribution in [2.75, 3.05) is 6.61 Å². The standard InChI is InChI=1S/C23H22N4O2/c1-15-3-2-4-16(11-15)20(8-10-28)26-23(29)18-7-9-24-22(13-18)17-5-6-21-19(12-17)14-25-27-21/h2-7,9,11-14,20,28H,8,10H2,1H3,(H,25,27)(H,26,29). The van der Waals surface area contributed by atoms with Gasteiger partial charge in [-0.05, 0) is 43.2 Å². The number of benzene rings is 2. The molecular weight excluding hydrogens is 364 g/mol. The highest BCUT2D eigenvalue weighted by molar-refractivity contribution is 5.95. The Morgan fingerprint density at radius 1 is 1.17 bits per heavy atom. The molecule has 4 rings (SSSR count). The van der Waals surface area contributed by atoms with E-state index in [9.17, 15) is 9.90 Å². The van der Waals surface area contributed by atoms with Crippen molar-refractivity contribution in [3.8, 4) is 11.3 Å². The van der Waals surface area contributed by atoms with Gasteiger partial charge in [0.2, 0.25) is 0 Å². The van der Waals surface area contributed by atoms with Gasteiger partial charge in [-0.1, -0.05) is 35.9 Å². The van der Waals surface area contributed by atoms with Gasteiger partial charge in [0.25, 0.3) is 5.91 Å². The van der Waals surface area contributed by atoms with E-state index in [0.717, 1.165) is 33.3 Å². The molecule has 146 valence electrons. The second-order valence-electron chi connectivity index (χ2n) is 7.05. The minimum Gasteiger partial charge on any atom is -0.396 e. The minimum absolute atomic E-state index is 0.00873. The third-order valence-electron chi connectivity index (χ3n) is 4.93. The van der Waals surface area contributed by atoms with Crippen LogP contribution in [-0.4, -0.2) is 32.8 Å². The van der Waals surface area contributed by atoms with Crippen molar-refractivity contribution >= 4 is 16.8 Å². The zero-order valence-corrected chi connectivity index (χ0v) is 16.1. The maximum absolute atomic E-state index is 12.9. The number of amides is 1. The Morgan fingerprint density at radius 3 is 2.90 bits per heavy atom. The molecule has 0 fully saturated rings. The number of fused-ring (bicyclic) bond motifs is 1. The molecule has 6 nitrogen and oxygen atoms in total. The van der Waals surface area contributed by atoms with E-state index in [1.54, 1.807) is 24.5 Å². The lowest BCUT2D eigenvalue weighted by atomic mass is 10.0. The Balaban J connectivity index is 1.58. The summed E-state index contributed by atoms with van der Waals surface area (Å²) < 4.78 is 0. The molecule has 0 saturated carbocycles. The summed E-state index contributed by atoms with van der Waals surface area (Å²) in [5, 5.41) is 20.4. The fourth-order valence-corrected chi connectivity index (χ4v) is 3.41. The van der Waals surface area contributed by atoms with E-state index >= 15 is 0 Å². The first-order valence-corrected chi connectivity index (χ1v) is 9.52. The second-order valence-corrected chi connectivity index (χ2v) is 7.05. The van der Waals surface area contributed by atoms with E-state index in [1.165, 1.54) is 0 Å². The Kier molecular flexibility index (Phi) is 5.35. The Morgan fingerprint density at radius 2 is 2.07 bits per heavy atom. The molecule has 2 aromatic carbocycles. The van der Waals surface area contributed by atoms with Crippen LogP contribution in [0.4, 0.5) is 0 Å². The molecule has 0 bridgehead atoms. The number of aliphatic hydroxyl groups excluding tert-OH is 1. The molecule has 0 spiro atoms. The molecule has 2 heterocycles. The van der Waals surface area contributed by atoms with Gasteiger partial charge in [-0.2, -0.15) is 5.10 Å². The predicted octanol–water partition coefficient (Wildman–Crippen LogP) is 3.79. The van der Waals surface area contributed by atoms with Crippen LogP contribution in [0.25, 0.3) is 22.2 Å². The Hall–Kier alpha value is -3.51. The molecule has 1 unspecified atom stereocenters. The van der Waals surface area contributed by atoms with Crippen LogP contribution in [0.1, 0.15) is 33.9 Å². The number of carbonyl (C=O) groups excluding carboxylic acids is 1. The molecule has 1 amide bonds. The number of carbonyl (C=O) groups is 1. The summed E-state index contributed by atoms with van der Waals surface area (Å²) in [7, 11) is 0. The summed E-state index contributed by atoms with van der Waals surface area (Å²) >= 11 is 0. The van der Waals surface area contributed by atoms with Crippen LogP contribution in [0.2, 0.25) is 0 Å². The number of hydrogen-bond donors (Lipinski definition) is 3. The van der Waals surface area contributed by atoms with Crippen molar-refractivity contribution in [1.82, 2.24) is 20.5 Å². The van der Waals surface area contributed by atoms with Gasteiger partial charge in [0.1, 0.15) is 0 Å². The number of pyridine rings is 1. The molecule has 1 atom stereocenters. The first kappa shape index (κ1) is 18.8. The fourth-order valence-electron chi connectivity index (χ4n) is 3.41. The van der Waals surface area contributed by atoms with Crippen LogP contribution in [0.3, 0.4) is 0 Å². The average Bonchev–Trinajstić information content (AvgIpc) is 3.21. The highest BCUT2D eigenvalue weighted by Gasteiger charge is 2.16. The molecule has 3 N–H and O–H groups in total. The summed E-state index contributed by atoms with van der Waals surface area (Å²) in [6, 6.07) is 17.1. The van der Waals surface area contributed by atoms with E-state index in [0.29, 0.717) is 12.0 Å². The SMILES string of the molecule is Cc1cccc(C(CCO)NC(=O)c2ccnc(-c3ccc4[nH]ncc4c3)c2)c1. The highest BCUT2D eigenvalue weighted by Crippen LogP contribution is 2.23. The lowest BCUT2D eigenvalue weighted by molar-refractivity contribution is 0.0930. The van der Waals surface area contributed by atoms with Crippen molar-refractivity contribution in [2.45, 2.75) is 19.4 Å². The Bertz CT molecular complexity index is 1150. The lowest BCUT2D eigenvalue weighted by Crippen LogP contribution is -2.29. The Labute approximate surface area is 168 Å². The van der Waals surface area contributed by atoms with Gasteiger partial charge in [0.15, 0.2) is 0 Å². The average molecular weight is 386 g/mol. The van der Waals surface area contributed by atoms with E-state index in [2.05, 4.69) is 20.5 Å². The van der Waals surface area contributed by atoms with Crippen LogP contribution in [0, 0.1) is 6.92 Å². The number of rotatable bonds is 6. The molecule has 0 aliphatic rings. The number of aliphatic hydroxyl groups is 1. The first-order valence-electron chi connectivity index (χ1n) is 9.52. The molecule has 0 aliphatic heterocycles. The van der Waals surface area contributed by atoms with E-state index in [4.69, 9.17) is 0 Å². The zero-order chi connectivity index (χ0) is 20.2. The van der Waals surface area contributed by atoms with Crippen LogP contribution >= 0.6 is 0 Å². The molecule has 0 saturated heterocycles. The first-order chi connectivity index (χ1) is 14.1. The van der Waals surface area contributed by atoms with Crippen molar-refractivity contribution in [3.63, 3.8) is 0 Å². The fraction of sp³-hybridized carbons (Fsp3) is 0.174. The maximum atomic E-state index is 12.9. The summed E-state index contributed by atoms with van der Waals surface area (Å²) in [6.07, 6.45) is 3.85. The van der Waals surface area contributed by atoms with Gasteiger partial charge in [0, 0.05) is 29.3 Å². The van der Waals surface area contributed by atoms with Crippen LogP contribution in [0.5, 0.6) is 0 Å². The summed E-state index contributed by atoms with van der Waals surface area (Å²) in [4.78, 5) is 17.3.